The number of aromatic nitrogens is 1. The number of amides is 3. The highest BCUT2D eigenvalue weighted by Gasteiger charge is 2.38. The topological polar surface area (TPSA) is 242 Å². The van der Waals surface area contributed by atoms with E-state index in [0.717, 1.165) is 16.5 Å². The average molecular weight is 545 g/mol. The van der Waals surface area contributed by atoms with E-state index in [4.69, 9.17) is 17.2 Å². The molecular weight excluding hydrogens is 508 g/mol. The molecule has 1 aromatic carbocycles. The number of nitrogens with zero attached hydrogens (tertiary/aromatic N) is 2. The Hall–Kier alpha value is -4.17. The summed E-state index contributed by atoms with van der Waals surface area (Å²) in [5, 5.41) is 25.3. The van der Waals surface area contributed by atoms with Gasteiger partial charge in [-0.1, -0.05) is 18.2 Å². The van der Waals surface area contributed by atoms with Crippen LogP contribution in [0.1, 0.15) is 31.2 Å². The number of guanidine groups is 1. The van der Waals surface area contributed by atoms with Crippen molar-refractivity contribution in [1.29, 1.82) is 0 Å². The monoisotopic (exact) mass is 544 g/mol. The molecule has 0 bridgehead atoms. The lowest BCUT2D eigenvalue weighted by Crippen LogP contribution is -2.58. The summed E-state index contributed by atoms with van der Waals surface area (Å²) in [4.78, 5) is 59.1. The summed E-state index contributed by atoms with van der Waals surface area (Å²) in [6.45, 7) is -0.225. The minimum absolute atomic E-state index is 0.0633. The van der Waals surface area contributed by atoms with Gasteiger partial charge in [0.05, 0.1) is 12.6 Å². The Bertz CT molecular complexity index is 1210. The number of aliphatic hydroxyl groups excluding tert-OH is 1. The van der Waals surface area contributed by atoms with Crippen molar-refractivity contribution in [3.63, 3.8) is 0 Å². The molecule has 1 aromatic heterocycles. The van der Waals surface area contributed by atoms with Gasteiger partial charge >= 0.3 is 5.97 Å². The molecule has 0 saturated carbocycles. The van der Waals surface area contributed by atoms with Crippen LogP contribution in [0.3, 0.4) is 0 Å². The number of benzene rings is 1. The Kier molecular flexibility index (Phi) is 10.2. The number of H-pyrrole nitrogens is 1. The van der Waals surface area contributed by atoms with Crippen molar-refractivity contribution in [1.82, 2.24) is 20.5 Å². The molecule has 0 radical (unpaired) electrons. The Morgan fingerprint density at radius 2 is 1.85 bits per heavy atom. The van der Waals surface area contributed by atoms with Crippen LogP contribution in [-0.4, -0.2) is 93.6 Å². The second kappa shape index (κ2) is 13.6. The molecule has 212 valence electrons. The smallest absolute Gasteiger partial charge is 0.326 e. The number of aliphatic imine (C=N–C) groups is 1. The fraction of sp³-hybridized carbons (Fsp3) is 0.480. The van der Waals surface area contributed by atoms with Gasteiger partial charge in [0.2, 0.25) is 17.7 Å². The van der Waals surface area contributed by atoms with E-state index in [1.54, 1.807) is 6.20 Å². The third kappa shape index (κ3) is 7.67. The lowest BCUT2D eigenvalue weighted by Gasteiger charge is -2.28. The number of carboxylic acid groups (broad SMARTS) is 1. The van der Waals surface area contributed by atoms with Crippen molar-refractivity contribution < 1.29 is 29.4 Å². The van der Waals surface area contributed by atoms with Crippen LogP contribution in [0.15, 0.2) is 35.5 Å². The van der Waals surface area contributed by atoms with Gasteiger partial charge in [0.15, 0.2) is 5.96 Å². The number of nitrogens with one attached hydrogen (secondary N) is 3. The van der Waals surface area contributed by atoms with Gasteiger partial charge in [-0.15, -0.1) is 0 Å². The quantitative estimate of drug-likeness (QED) is 0.0798. The van der Waals surface area contributed by atoms with Crippen LogP contribution >= 0.6 is 0 Å². The standard InChI is InChI=1S/C25H36N8O6/c26-16(6-3-9-29-25(27)28)21(35)32-19(13-34)22(36)31-18(23(37)33-10-4-8-20(33)24(38)39)11-14-12-30-17-7-2-1-5-15(14)17/h1-2,5,7,12,16,18-20,30,34H,3-4,6,8-11,13,26H2,(H,31,36)(H,32,35)(H,38,39)(H4,27,28,29). The summed E-state index contributed by atoms with van der Waals surface area (Å²) in [5.41, 5.74) is 18.0. The molecule has 11 N–H and O–H groups in total. The van der Waals surface area contributed by atoms with Crippen molar-refractivity contribution in [2.75, 3.05) is 19.7 Å². The molecule has 3 rings (SSSR count). The van der Waals surface area contributed by atoms with Crippen molar-refractivity contribution in [2.24, 2.45) is 22.2 Å². The van der Waals surface area contributed by atoms with Crippen LogP contribution in [0.2, 0.25) is 0 Å². The van der Waals surface area contributed by atoms with Gasteiger partial charge in [-0.05, 0) is 37.3 Å². The third-order valence-corrected chi connectivity index (χ3v) is 6.65. The predicted molar refractivity (Wildman–Crippen MR) is 143 cm³/mol. The Balaban J connectivity index is 1.74. The zero-order chi connectivity index (χ0) is 28.5. The fourth-order valence-electron chi connectivity index (χ4n) is 4.60. The highest BCUT2D eigenvalue weighted by molar-refractivity contribution is 5.95. The van der Waals surface area contributed by atoms with Crippen LogP contribution < -0.4 is 27.8 Å². The maximum Gasteiger partial charge on any atom is 0.326 e. The Labute approximate surface area is 225 Å². The van der Waals surface area contributed by atoms with Crippen LogP contribution in [0.25, 0.3) is 10.9 Å². The van der Waals surface area contributed by atoms with E-state index in [1.165, 1.54) is 4.90 Å². The van der Waals surface area contributed by atoms with E-state index in [9.17, 15) is 29.4 Å². The predicted octanol–water partition coefficient (Wildman–Crippen LogP) is -1.87. The van der Waals surface area contributed by atoms with E-state index in [0.29, 0.717) is 19.3 Å². The summed E-state index contributed by atoms with van der Waals surface area (Å²) in [5.74, 6) is -3.22. The molecule has 1 fully saturated rings. The molecule has 2 aromatic rings. The summed E-state index contributed by atoms with van der Waals surface area (Å²) in [6.07, 6.45) is 3.27. The average Bonchev–Trinajstić information content (AvgIpc) is 3.56. The van der Waals surface area contributed by atoms with Crippen LogP contribution in [0.4, 0.5) is 0 Å². The van der Waals surface area contributed by atoms with Crippen molar-refractivity contribution >= 4 is 40.6 Å². The number of fused-ring (bicyclic) bond motifs is 1. The van der Waals surface area contributed by atoms with E-state index in [2.05, 4.69) is 20.6 Å². The highest BCUT2D eigenvalue weighted by atomic mass is 16.4. The number of likely N-dealkylation sites (tertiary alicyclic amines) is 1. The first kappa shape index (κ1) is 29.4. The van der Waals surface area contributed by atoms with Gasteiger partial charge in [-0.25, -0.2) is 4.79 Å². The van der Waals surface area contributed by atoms with E-state index in [-0.39, 0.29) is 31.9 Å². The largest absolute Gasteiger partial charge is 0.480 e. The lowest BCUT2D eigenvalue weighted by molar-refractivity contribution is -0.149. The first-order valence-electron chi connectivity index (χ1n) is 12.7. The highest BCUT2D eigenvalue weighted by Crippen LogP contribution is 2.23. The number of rotatable bonds is 13. The molecule has 0 spiro atoms. The number of hydrogen-bond acceptors (Lipinski definition) is 7. The lowest BCUT2D eigenvalue weighted by atomic mass is 10.0. The number of para-hydroxylation sites is 1. The molecule has 3 amide bonds. The van der Waals surface area contributed by atoms with Gasteiger partial charge in [-0.3, -0.25) is 19.4 Å². The maximum atomic E-state index is 13.5. The fourth-order valence-corrected chi connectivity index (χ4v) is 4.60. The number of aliphatic hydroxyl groups is 1. The van der Waals surface area contributed by atoms with Crippen LogP contribution in [-0.2, 0) is 25.6 Å². The van der Waals surface area contributed by atoms with Crippen molar-refractivity contribution in [3.8, 4) is 0 Å². The molecule has 4 atom stereocenters. The molecule has 39 heavy (non-hydrogen) atoms. The second-order valence-electron chi connectivity index (χ2n) is 9.45. The summed E-state index contributed by atoms with van der Waals surface area (Å²) in [6, 6.07) is 2.93. The minimum Gasteiger partial charge on any atom is -0.480 e. The van der Waals surface area contributed by atoms with E-state index in [1.807, 2.05) is 24.3 Å². The van der Waals surface area contributed by atoms with Crippen LogP contribution in [0.5, 0.6) is 0 Å². The molecule has 1 aliphatic rings. The molecule has 14 heteroatoms. The maximum absolute atomic E-state index is 13.5. The number of carbonyl (C=O) groups is 4. The Morgan fingerprint density at radius 3 is 2.54 bits per heavy atom. The minimum atomic E-state index is -1.38. The molecule has 2 heterocycles. The number of aromatic amines is 1. The molecular formula is C25H36N8O6. The normalized spacial score (nSPS) is 17.3. The molecule has 14 nitrogen and oxygen atoms in total. The molecule has 0 aliphatic carbocycles. The molecule has 1 aliphatic heterocycles. The van der Waals surface area contributed by atoms with Crippen molar-refractivity contribution in [3.05, 3.63) is 36.0 Å². The zero-order valence-corrected chi connectivity index (χ0v) is 21.5. The van der Waals surface area contributed by atoms with Crippen molar-refractivity contribution in [2.45, 2.75) is 56.3 Å². The van der Waals surface area contributed by atoms with E-state index < -0.39 is 54.5 Å². The number of aliphatic carboxylic acids is 1. The summed E-state index contributed by atoms with van der Waals surface area (Å²) >= 11 is 0. The zero-order valence-electron chi connectivity index (χ0n) is 21.5. The first-order valence-corrected chi connectivity index (χ1v) is 12.7. The number of carboxylic acids is 1. The van der Waals surface area contributed by atoms with Gasteiger partial charge < -0.3 is 47.9 Å². The second-order valence-corrected chi connectivity index (χ2v) is 9.45. The van der Waals surface area contributed by atoms with Gasteiger partial charge in [0.25, 0.3) is 0 Å². The third-order valence-electron chi connectivity index (χ3n) is 6.65. The number of nitrogens with two attached hydrogens (primary N) is 3. The van der Waals surface area contributed by atoms with E-state index >= 15 is 0 Å². The first-order chi connectivity index (χ1) is 18.6. The number of carbonyl (C=O) groups excluding carboxylic acids is 3. The summed E-state index contributed by atoms with van der Waals surface area (Å²) in [7, 11) is 0. The SMILES string of the molecule is NC(N)=NCCCC(N)C(=O)NC(CO)C(=O)NC(Cc1c[nH]c2ccccc12)C(=O)N1CCCC1C(=O)O. The van der Waals surface area contributed by atoms with Gasteiger partial charge in [-0.2, -0.15) is 0 Å². The summed E-state index contributed by atoms with van der Waals surface area (Å²) < 4.78 is 0. The molecule has 4 unspecified atom stereocenters. The Morgan fingerprint density at radius 1 is 1.13 bits per heavy atom. The van der Waals surface area contributed by atoms with Crippen LogP contribution in [0, 0.1) is 0 Å². The molecule has 1 saturated heterocycles. The number of hydrogen-bond donors (Lipinski definition) is 8. The van der Waals surface area contributed by atoms with Gasteiger partial charge in [0.1, 0.15) is 18.1 Å². The van der Waals surface area contributed by atoms with Gasteiger partial charge in [0, 0.05) is 36.6 Å².